The van der Waals surface area contributed by atoms with Gasteiger partial charge in [0.05, 0.1) is 18.4 Å². The molecule has 1 aromatic rings. The number of pyridine rings is 1. The van der Waals surface area contributed by atoms with Crippen LogP contribution in [0, 0.1) is 5.92 Å². The number of nitrogens with zero attached hydrogens (tertiary/aromatic N) is 3. The minimum absolute atomic E-state index is 0.109. The van der Waals surface area contributed by atoms with E-state index < -0.39 is 0 Å². The van der Waals surface area contributed by atoms with Crippen molar-refractivity contribution in [1.29, 1.82) is 0 Å². The second-order valence-corrected chi connectivity index (χ2v) is 7.47. The van der Waals surface area contributed by atoms with Gasteiger partial charge >= 0.3 is 6.03 Å². The van der Waals surface area contributed by atoms with E-state index in [2.05, 4.69) is 27.4 Å². The molecule has 142 valence electrons. The SMILES string of the molecule is CC1CCCC(NC(=O)CN2CCN(C(=O)Nc3cccnc3)CC2)C1. The van der Waals surface area contributed by atoms with Gasteiger partial charge in [0, 0.05) is 38.4 Å². The first-order valence-corrected chi connectivity index (χ1v) is 9.58. The molecule has 0 spiro atoms. The Morgan fingerprint density at radius 2 is 2.04 bits per heavy atom. The van der Waals surface area contributed by atoms with Crippen LogP contribution in [-0.2, 0) is 4.79 Å². The summed E-state index contributed by atoms with van der Waals surface area (Å²) < 4.78 is 0. The molecule has 3 amide bonds. The largest absolute Gasteiger partial charge is 0.352 e. The highest BCUT2D eigenvalue weighted by atomic mass is 16.2. The van der Waals surface area contributed by atoms with Crippen molar-refractivity contribution >= 4 is 17.6 Å². The average molecular weight is 359 g/mol. The first kappa shape index (κ1) is 18.6. The number of nitrogens with one attached hydrogen (secondary N) is 2. The van der Waals surface area contributed by atoms with E-state index in [4.69, 9.17) is 0 Å². The van der Waals surface area contributed by atoms with Gasteiger partial charge in [0.15, 0.2) is 0 Å². The maximum atomic E-state index is 12.3. The summed E-state index contributed by atoms with van der Waals surface area (Å²) in [5, 5.41) is 6.03. The predicted molar refractivity (Wildman–Crippen MR) is 101 cm³/mol. The number of rotatable bonds is 4. The fourth-order valence-electron chi connectivity index (χ4n) is 3.79. The summed E-state index contributed by atoms with van der Waals surface area (Å²) in [6.45, 7) is 5.36. The number of aromatic nitrogens is 1. The van der Waals surface area contributed by atoms with E-state index >= 15 is 0 Å². The zero-order valence-electron chi connectivity index (χ0n) is 15.5. The Balaban J connectivity index is 1.38. The third-order valence-electron chi connectivity index (χ3n) is 5.24. The second-order valence-electron chi connectivity index (χ2n) is 7.47. The Labute approximate surface area is 155 Å². The van der Waals surface area contributed by atoms with Crippen LogP contribution in [0.1, 0.15) is 32.6 Å². The van der Waals surface area contributed by atoms with Crippen molar-refractivity contribution in [1.82, 2.24) is 20.1 Å². The maximum absolute atomic E-state index is 12.3. The minimum Gasteiger partial charge on any atom is -0.352 e. The molecule has 1 saturated carbocycles. The minimum atomic E-state index is -0.113. The van der Waals surface area contributed by atoms with Crippen molar-refractivity contribution in [2.24, 2.45) is 5.92 Å². The van der Waals surface area contributed by atoms with Gasteiger partial charge in [-0.15, -0.1) is 0 Å². The van der Waals surface area contributed by atoms with Crippen molar-refractivity contribution in [3.05, 3.63) is 24.5 Å². The van der Waals surface area contributed by atoms with E-state index in [1.807, 2.05) is 6.07 Å². The van der Waals surface area contributed by atoms with Gasteiger partial charge in [-0.05, 0) is 30.9 Å². The highest BCUT2D eigenvalue weighted by Crippen LogP contribution is 2.23. The molecule has 1 aliphatic carbocycles. The van der Waals surface area contributed by atoms with Crippen molar-refractivity contribution in [3.63, 3.8) is 0 Å². The van der Waals surface area contributed by atoms with Crippen LogP contribution < -0.4 is 10.6 Å². The van der Waals surface area contributed by atoms with Crippen LogP contribution >= 0.6 is 0 Å². The molecule has 2 heterocycles. The summed E-state index contributed by atoms with van der Waals surface area (Å²) in [6.07, 6.45) is 7.97. The molecule has 1 aliphatic heterocycles. The quantitative estimate of drug-likeness (QED) is 0.861. The lowest BCUT2D eigenvalue weighted by Gasteiger charge is -2.35. The lowest BCUT2D eigenvalue weighted by molar-refractivity contribution is -0.123. The van der Waals surface area contributed by atoms with E-state index in [-0.39, 0.29) is 11.9 Å². The van der Waals surface area contributed by atoms with Crippen molar-refractivity contribution in [2.75, 3.05) is 38.0 Å². The summed E-state index contributed by atoms with van der Waals surface area (Å²) >= 11 is 0. The van der Waals surface area contributed by atoms with Crippen molar-refractivity contribution in [2.45, 2.75) is 38.6 Å². The van der Waals surface area contributed by atoms with Crippen LogP contribution in [0.25, 0.3) is 0 Å². The van der Waals surface area contributed by atoms with Gasteiger partial charge in [0.25, 0.3) is 0 Å². The van der Waals surface area contributed by atoms with Crippen LogP contribution in [0.4, 0.5) is 10.5 Å². The molecule has 0 radical (unpaired) electrons. The number of hydrogen-bond acceptors (Lipinski definition) is 4. The molecule has 0 bridgehead atoms. The summed E-state index contributed by atoms with van der Waals surface area (Å²) in [5.74, 6) is 0.813. The monoisotopic (exact) mass is 359 g/mol. The van der Waals surface area contributed by atoms with Gasteiger partial charge < -0.3 is 15.5 Å². The summed E-state index contributed by atoms with van der Waals surface area (Å²) in [4.78, 5) is 32.5. The van der Waals surface area contributed by atoms with Gasteiger partial charge in [-0.1, -0.05) is 19.8 Å². The van der Waals surface area contributed by atoms with Crippen LogP contribution in [-0.4, -0.2) is 65.5 Å². The van der Waals surface area contributed by atoms with Gasteiger partial charge in [-0.2, -0.15) is 0 Å². The molecular weight excluding hydrogens is 330 g/mol. The molecule has 7 heteroatoms. The highest BCUT2D eigenvalue weighted by molar-refractivity contribution is 5.89. The fourth-order valence-corrected chi connectivity index (χ4v) is 3.79. The Kier molecular flexibility index (Phi) is 6.44. The number of anilines is 1. The molecule has 1 aromatic heterocycles. The zero-order chi connectivity index (χ0) is 18.4. The van der Waals surface area contributed by atoms with Gasteiger partial charge in [0.2, 0.25) is 5.91 Å². The van der Waals surface area contributed by atoms with E-state index in [0.29, 0.717) is 37.3 Å². The molecule has 0 aromatic carbocycles. The lowest BCUT2D eigenvalue weighted by atomic mass is 9.87. The topological polar surface area (TPSA) is 77.6 Å². The number of amides is 3. The first-order valence-electron chi connectivity index (χ1n) is 9.58. The van der Waals surface area contributed by atoms with Crippen LogP contribution in [0.2, 0.25) is 0 Å². The normalized spacial score (nSPS) is 24.1. The van der Waals surface area contributed by atoms with E-state index in [0.717, 1.165) is 25.9 Å². The molecule has 2 fully saturated rings. The smallest absolute Gasteiger partial charge is 0.321 e. The average Bonchev–Trinajstić information content (AvgIpc) is 2.63. The maximum Gasteiger partial charge on any atom is 0.321 e. The van der Waals surface area contributed by atoms with E-state index in [1.165, 1.54) is 12.8 Å². The number of carbonyl (C=O) groups is 2. The number of piperazine rings is 1. The van der Waals surface area contributed by atoms with E-state index in [1.54, 1.807) is 23.4 Å². The summed E-state index contributed by atoms with van der Waals surface area (Å²) in [5.41, 5.74) is 0.695. The molecule has 2 N–H and O–H groups in total. The van der Waals surface area contributed by atoms with Gasteiger partial charge in [0.1, 0.15) is 0 Å². The molecule has 1 saturated heterocycles. The molecule has 26 heavy (non-hydrogen) atoms. The van der Waals surface area contributed by atoms with Crippen molar-refractivity contribution in [3.8, 4) is 0 Å². The third kappa shape index (κ3) is 5.42. The van der Waals surface area contributed by atoms with E-state index in [9.17, 15) is 9.59 Å². The van der Waals surface area contributed by atoms with Crippen LogP contribution in [0.15, 0.2) is 24.5 Å². The molecular formula is C19H29N5O2. The second kappa shape index (κ2) is 8.98. The predicted octanol–water partition coefficient (Wildman–Crippen LogP) is 1.93. The third-order valence-corrected chi connectivity index (χ3v) is 5.24. The number of urea groups is 1. The summed E-state index contributed by atoms with van der Waals surface area (Å²) in [6, 6.07) is 3.83. The summed E-state index contributed by atoms with van der Waals surface area (Å²) in [7, 11) is 0. The highest BCUT2D eigenvalue weighted by Gasteiger charge is 2.24. The van der Waals surface area contributed by atoms with Gasteiger partial charge in [-0.3, -0.25) is 14.7 Å². The molecule has 2 atom stereocenters. The molecule has 2 unspecified atom stereocenters. The number of hydrogen-bond donors (Lipinski definition) is 2. The van der Waals surface area contributed by atoms with Crippen LogP contribution in [0.5, 0.6) is 0 Å². The fraction of sp³-hybridized carbons (Fsp3) is 0.632. The molecule has 3 rings (SSSR count). The van der Waals surface area contributed by atoms with Gasteiger partial charge in [-0.25, -0.2) is 4.79 Å². The molecule has 2 aliphatic rings. The number of carbonyl (C=O) groups excluding carboxylic acids is 2. The van der Waals surface area contributed by atoms with Crippen LogP contribution in [0.3, 0.4) is 0 Å². The van der Waals surface area contributed by atoms with Crippen molar-refractivity contribution < 1.29 is 9.59 Å². The Bertz CT molecular complexity index is 601. The lowest BCUT2D eigenvalue weighted by Crippen LogP contribution is -2.53. The zero-order valence-corrected chi connectivity index (χ0v) is 15.5. The molecule has 7 nitrogen and oxygen atoms in total. The Hall–Kier alpha value is -2.15. The standard InChI is InChI=1S/C19H29N5O2/c1-15-4-2-5-16(12-15)21-18(25)14-23-8-10-24(11-9-23)19(26)22-17-6-3-7-20-13-17/h3,6-7,13,15-16H,2,4-5,8-12,14H2,1H3,(H,21,25)(H,22,26). The first-order chi connectivity index (χ1) is 12.6. The Morgan fingerprint density at radius 3 is 2.73 bits per heavy atom. The Morgan fingerprint density at radius 1 is 1.23 bits per heavy atom.